The third-order valence-electron chi connectivity index (χ3n) is 0.939. The van der Waals surface area contributed by atoms with Crippen LogP contribution in [0, 0.1) is 6.92 Å². The summed E-state index contributed by atoms with van der Waals surface area (Å²) in [6.07, 6.45) is 16.9. The molecule has 0 saturated carbocycles. The second kappa shape index (κ2) is 8.70. The molecule has 0 N–H and O–H groups in total. The molecule has 0 rings (SSSR count). The van der Waals surface area contributed by atoms with Gasteiger partial charge in [-0.3, -0.25) is 0 Å². The van der Waals surface area contributed by atoms with Gasteiger partial charge in [-0.25, -0.2) is 0 Å². The molecular formula is C11H13. The zero-order valence-corrected chi connectivity index (χ0v) is 6.61. The molecule has 0 unspecified atom stereocenters. The van der Waals surface area contributed by atoms with Gasteiger partial charge in [0, 0.05) is 0 Å². The zero-order valence-electron chi connectivity index (χ0n) is 6.61. The van der Waals surface area contributed by atoms with Crippen LogP contribution in [0.3, 0.4) is 0 Å². The maximum atomic E-state index is 3.55. The van der Waals surface area contributed by atoms with E-state index in [2.05, 4.69) is 13.5 Å². The van der Waals surface area contributed by atoms with Crippen LogP contribution in [0.25, 0.3) is 0 Å². The largest absolute Gasteiger partial charge is 0.0991 e. The highest BCUT2D eigenvalue weighted by atomic mass is 13.7. The van der Waals surface area contributed by atoms with Crippen molar-refractivity contribution in [1.29, 1.82) is 0 Å². The third-order valence-corrected chi connectivity index (χ3v) is 0.939. The maximum Gasteiger partial charge on any atom is -0.0313 e. The van der Waals surface area contributed by atoms with Gasteiger partial charge in [0.15, 0.2) is 0 Å². The molecule has 0 aromatic carbocycles. The second-order valence-electron chi connectivity index (χ2n) is 1.82. The first-order valence-corrected chi connectivity index (χ1v) is 3.48. The zero-order chi connectivity index (χ0) is 8.36. The minimum Gasteiger partial charge on any atom is -0.0991 e. The fourth-order valence-corrected chi connectivity index (χ4v) is 0.478. The second-order valence-corrected chi connectivity index (χ2v) is 1.82. The van der Waals surface area contributed by atoms with Gasteiger partial charge in [-0.1, -0.05) is 61.3 Å². The lowest BCUT2D eigenvalue weighted by Gasteiger charge is -1.71. The molecule has 0 aliphatic rings. The van der Waals surface area contributed by atoms with E-state index in [1.165, 1.54) is 0 Å². The van der Waals surface area contributed by atoms with Gasteiger partial charge in [0.05, 0.1) is 0 Å². The molecule has 0 heteroatoms. The lowest BCUT2D eigenvalue weighted by Crippen LogP contribution is -1.50. The van der Waals surface area contributed by atoms with E-state index in [-0.39, 0.29) is 0 Å². The van der Waals surface area contributed by atoms with E-state index in [1.54, 1.807) is 12.2 Å². The van der Waals surface area contributed by atoms with Crippen LogP contribution in [0.15, 0.2) is 61.3 Å². The van der Waals surface area contributed by atoms with Gasteiger partial charge in [-0.15, -0.1) is 0 Å². The Morgan fingerprint density at radius 2 is 1.09 bits per heavy atom. The van der Waals surface area contributed by atoms with Crippen LogP contribution in [0.1, 0.15) is 0 Å². The Bertz CT molecular complexity index is 190. The van der Waals surface area contributed by atoms with Crippen LogP contribution >= 0.6 is 0 Å². The fraction of sp³-hybridized carbons (Fsp3) is 0. The topological polar surface area (TPSA) is 0 Å². The van der Waals surface area contributed by atoms with E-state index in [9.17, 15) is 0 Å². The molecule has 0 heterocycles. The molecule has 1 radical (unpaired) electrons. The number of hydrogen-bond acceptors (Lipinski definition) is 0. The molecule has 0 aliphatic carbocycles. The molecule has 0 saturated heterocycles. The molecule has 0 fully saturated rings. The Hall–Kier alpha value is -1.30. The molecular weight excluding hydrogens is 132 g/mol. The highest BCUT2D eigenvalue weighted by molar-refractivity contribution is 5.17. The Kier molecular flexibility index (Phi) is 7.67. The molecule has 57 valence electrons. The highest BCUT2D eigenvalue weighted by Gasteiger charge is 1.59. The summed E-state index contributed by atoms with van der Waals surface area (Å²) in [5.74, 6) is 0. The summed E-state index contributed by atoms with van der Waals surface area (Å²) in [6.45, 7) is 7.10. The van der Waals surface area contributed by atoms with Crippen molar-refractivity contribution >= 4 is 0 Å². The van der Waals surface area contributed by atoms with Gasteiger partial charge < -0.3 is 0 Å². The molecule has 11 heavy (non-hydrogen) atoms. The monoisotopic (exact) mass is 145 g/mol. The van der Waals surface area contributed by atoms with E-state index in [0.717, 1.165) is 0 Å². The van der Waals surface area contributed by atoms with Gasteiger partial charge in [-0.2, -0.15) is 0 Å². The number of allylic oxidation sites excluding steroid dienone is 9. The Balaban J connectivity index is 3.59. The minimum absolute atomic E-state index is 1.74. The predicted octanol–water partition coefficient (Wildman–Crippen LogP) is 3.23. The van der Waals surface area contributed by atoms with Gasteiger partial charge in [0.2, 0.25) is 0 Å². The average Bonchev–Trinajstić information content (AvgIpc) is 2.03. The van der Waals surface area contributed by atoms with Gasteiger partial charge in [-0.05, 0) is 6.92 Å². The van der Waals surface area contributed by atoms with Crippen LogP contribution < -0.4 is 0 Å². The van der Waals surface area contributed by atoms with Crippen molar-refractivity contribution in [1.82, 2.24) is 0 Å². The van der Waals surface area contributed by atoms with Crippen LogP contribution in [-0.2, 0) is 0 Å². The van der Waals surface area contributed by atoms with Crippen molar-refractivity contribution < 1.29 is 0 Å². The normalized spacial score (nSPS) is 12.8. The van der Waals surface area contributed by atoms with Gasteiger partial charge in [0.1, 0.15) is 0 Å². The quantitative estimate of drug-likeness (QED) is 0.533. The molecule has 0 atom stereocenters. The SMILES string of the molecule is [CH2]/C=C/C=C/C=C/C=C/C=C. The van der Waals surface area contributed by atoms with Crippen LogP contribution in [0.5, 0.6) is 0 Å². The van der Waals surface area contributed by atoms with E-state index in [4.69, 9.17) is 0 Å². The average molecular weight is 145 g/mol. The number of rotatable bonds is 4. The summed E-state index contributed by atoms with van der Waals surface area (Å²) in [7, 11) is 0. The summed E-state index contributed by atoms with van der Waals surface area (Å²) in [5, 5.41) is 0. The van der Waals surface area contributed by atoms with Gasteiger partial charge in [0.25, 0.3) is 0 Å². The van der Waals surface area contributed by atoms with Crippen molar-refractivity contribution in [2.24, 2.45) is 0 Å². The smallest absolute Gasteiger partial charge is 0.0313 e. The molecule has 0 bridgehead atoms. The van der Waals surface area contributed by atoms with Gasteiger partial charge >= 0.3 is 0 Å². The van der Waals surface area contributed by atoms with Crippen molar-refractivity contribution in [2.75, 3.05) is 0 Å². The third kappa shape index (κ3) is 8.70. The lowest BCUT2D eigenvalue weighted by atomic mass is 10.4. The maximum absolute atomic E-state index is 3.55. The van der Waals surface area contributed by atoms with Crippen LogP contribution in [0.4, 0.5) is 0 Å². The lowest BCUT2D eigenvalue weighted by molar-refractivity contribution is 1.86. The van der Waals surface area contributed by atoms with E-state index in [1.807, 2.05) is 42.5 Å². The highest BCUT2D eigenvalue weighted by Crippen LogP contribution is 1.81. The molecule has 0 aliphatic heterocycles. The molecule has 0 aromatic rings. The number of hydrogen-bond donors (Lipinski definition) is 0. The summed E-state index contributed by atoms with van der Waals surface area (Å²) >= 11 is 0. The van der Waals surface area contributed by atoms with Crippen molar-refractivity contribution in [3.05, 3.63) is 68.2 Å². The Morgan fingerprint density at radius 1 is 0.636 bits per heavy atom. The molecule has 0 aromatic heterocycles. The summed E-state index contributed by atoms with van der Waals surface area (Å²) in [6, 6.07) is 0. The van der Waals surface area contributed by atoms with E-state index < -0.39 is 0 Å². The first kappa shape index (κ1) is 9.70. The Morgan fingerprint density at radius 3 is 1.55 bits per heavy atom. The minimum atomic E-state index is 1.74. The van der Waals surface area contributed by atoms with Crippen LogP contribution in [-0.4, -0.2) is 0 Å². The Labute approximate surface area is 68.9 Å². The molecule has 0 nitrogen and oxygen atoms in total. The molecule has 0 spiro atoms. The molecule has 0 amide bonds. The van der Waals surface area contributed by atoms with Crippen LogP contribution in [0.2, 0.25) is 0 Å². The first-order valence-electron chi connectivity index (χ1n) is 3.48. The first-order chi connectivity index (χ1) is 5.41. The van der Waals surface area contributed by atoms with E-state index in [0.29, 0.717) is 0 Å². The predicted molar refractivity (Wildman–Crippen MR) is 52.1 cm³/mol. The summed E-state index contributed by atoms with van der Waals surface area (Å²) in [5.41, 5.74) is 0. The van der Waals surface area contributed by atoms with E-state index >= 15 is 0 Å². The van der Waals surface area contributed by atoms with Crippen molar-refractivity contribution in [3.63, 3.8) is 0 Å². The summed E-state index contributed by atoms with van der Waals surface area (Å²) in [4.78, 5) is 0. The fourth-order valence-electron chi connectivity index (χ4n) is 0.478. The standard InChI is InChI=1S/C11H13/c1-3-5-7-9-11-10-8-6-4-2/h3-11H,1-2H2/b5-3+,8-6+,9-7+,11-10+. The van der Waals surface area contributed by atoms with Crippen molar-refractivity contribution in [3.8, 4) is 0 Å². The summed E-state index contributed by atoms with van der Waals surface area (Å²) < 4.78 is 0. The van der Waals surface area contributed by atoms with Crippen molar-refractivity contribution in [2.45, 2.75) is 0 Å².